The lowest BCUT2D eigenvalue weighted by Crippen LogP contribution is -2.21. The van der Waals surface area contributed by atoms with Gasteiger partial charge in [-0.1, -0.05) is 19.9 Å². The van der Waals surface area contributed by atoms with Gasteiger partial charge in [-0.25, -0.2) is 0 Å². The van der Waals surface area contributed by atoms with Gasteiger partial charge in [0.1, 0.15) is 0 Å². The van der Waals surface area contributed by atoms with Gasteiger partial charge in [-0.05, 0) is 17.7 Å². The molecule has 0 aliphatic heterocycles. The number of aryl methyl sites for hydroxylation is 1. The Kier molecular flexibility index (Phi) is 5.16. The van der Waals surface area contributed by atoms with Crippen LogP contribution in [0.5, 0.6) is 11.5 Å². The Morgan fingerprint density at radius 1 is 1.24 bits per heavy atom. The summed E-state index contributed by atoms with van der Waals surface area (Å²) in [5, 5.41) is 11.0. The van der Waals surface area contributed by atoms with Crippen LogP contribution in [0.4, 0.5) is 0 Å². The third kappa shape index (κ3) is 4.46. The molecular weight excluding hydrogens is 270 g/mol. The van der Waals surface area contributed by atoms with Crippen LogP contribution in [0.15, 0.2) is 22.6 Å². The van der Waals surface area contributed by atoms with Crippen LogP contribution in [0.2, 0.25) is 0 Å². The molecule has 114 valence electrons. The van der Waals surface area contributed by atoms with Gasteiger partial charge in [0, 0.05) is 19.5 Å². The molecule has 1 aromatic heterocycles. The number of ether oxygens (including phenoxy) is 2. The zero-order chi connectivity index (χ0) is 15.2. The molecule has 2 aromatic rings. The predicted octanol–water partition coefficient (Wildman–Crippen LogP) is 2.46. The molecule has 2 rings (SSSR count). The van der Waals surface area contributed by atoms with Crippen molar-refractivity contribution in [1.82, 2.24) is 15.5 Å². The van der Waals surface area contributed by atoms with E-state index in [1.165, 1.54) is 0 Å². The van der Waals surface area contributed by atoms with Crippen molar-refractivity contribution >= 4 is 0 Å². The van der Waals surface area contributed by atoms with Crippen LogP contribution < -0.4 is 14.8 Å². The van der Waals surface area contributed by atoms with E-state index in [2.05, 4.69) is 29.4 Å². The Labute approximate surface area is 124 Å². The quantitative estimate of drug-likeness (QED) is 0.845. The molecule has 0 aliphatic rings. The van der Waals surface area contributed by atoms with E-state index in [-0.39, 0.29) is 6.61 Å². The third-order valence-electron chi connectivity index (χ3n) is 2.86. The van der Waals surface area contributed by atoms with E-state index in [4.69, 9.17) is 13.9 Å². The Morgan fingerprint density at radius 3 is 2.67 bits per heavy atom. The SMILES string of the molecule is COc1cc(CNC(C)C)ccc1OCc1nnc(C)o1. The molecule has 1 heterocycles. The van der Waals surface area contributed by atoms with Gasteiger partial charge < -0.3 is 19.2 Å². The van der Waals surface area contributed by atoms with Crippen LogP contribution in [0.25, 0.3) is 0 Å². The topological polar surface area (TPSA) is 69.4 Å². The van der Waals surface area contributed by atoms with Gasteiger partial charge in [0.2, 0.25) is 5.89 Å². The van der Waals surface area contributed by atoms with Crippen LogP contribution in [-0.2, 0) is 13.2 Å². The summed E-state index contributed by atoms with van der Waals surface area (Å²) in [6.07, 6.45) is 0. The van der Waals surface area contributed by atoms with E-state index in [1.54, 1.807) is 14.0 Å². The Hall–Kier alpha value is -2.08. The first kappa shape index (κ1) is 15.3. The fourth-order valence-corrected chi connectivity index (χ4v) is 1.80. The lowest BCUT2D eigenvalue weighted by atomic mass is 10.2. The van der Waals surface area contributed by atoms with E-state index in [9.17, 15) is 0 Å². The van der Waals surface area contributed by atoms with Crippen molar-refractivity contribution in [3.8, 4) is 11.5 Å². The summed E-state index contributed by atoms with van der Waals surface area (Å²) in [6.45, 7) is 6.98. The van der Waals surface area contributed by atoms with Crippen molar-refractivity contribution < 1.29 is 13.9 Å². The number of nitrogens with zero attached hydrogens (tertiary/aromatic N) is 2. The molecule has 0 atom stereocenters. The highest BCUT2D eigenvalue weighted by Gasteiger charge is 2.09. The summed E-state index contributed by atoms with van der Waals surface area (Å²) in [5.41, 5.74) is 1.14. The molecular formula is C15H21N3O3. The third-order valence-corrected chi connectivity index (χ3v) is 2.86. The average Bonchev–Trinajstić information content (AvgIpc) is 2.88. The Morgan fingerprint density at radius 2 is 2.05 bits per heavy atom. The van der Waals surface area contributed by atoms with Crippen LogP contribution in [0.1, 0.15) is 31.2 Å². The molecule has 0 unspecified atom stereocenters. The average molecular weight is 291 g/mol. The number of rotatable bonds is 7. The minimum atomic E-state index is 0.223. The maximum atomic E-state index is 5.67. The lowest BCUT2D eigenvalue weighted by molar-refractivity contribution is 0.248. The fourth-order valence-electron chi connectivity index (χ4n) is 1.80. The molecule has 6 nitrogen and oxygen atoms in total. The highest BCUT2D eigenvalue weighted by Crippen LogP contribution is 2.28. The number of aromatic nitrogens is 2. The summed E-state index contributed by atoms with van der Waals surface area (Å²) in [7, 11) is 1.62. The zero-order valence-electron chi connectivity index (χ0n) is 12.8. The number of methoxy groups -OCH3 is 1. The summed E-state index contributed by atoms with van der Waals surface area (Å²) in [6, 6.07) is 6.29. The molecule has 0 saturated heterocycles. The predicted molar refractivity (Wildman–Crippen MR) is 78.3 cm³/mol. The van der Waals surface area contributed by atoms with E-state index < -0.39 is 0 Å². The molecule has 1 aromatic carbocycles. The van der Waals surface area contributed by atoms with Crippen LogP contribution in [-0.4, -0.2) is 23.3 Å². The maximum Gasteiger partial charge on any atom is 0.253 e. The van der Waals surface area contributed by atoms with Crippen molar-refractivity contribution in [1.29, 1.82) is 0 Å². The zero-order valence-corrected chi connectivity index (χ0v) is 12.8. The van der Waals surface area contributed by atoms with Gasteiger partial charge in [0.25, 0.3) is 5.89 Å². The molecule has 0 spiro atoms. The molecule has 0 aliphatic carbocycles. The molecule has 0 saturated carbocycles. The monoisotopic (exact) mass is 291 g/mol. The second-order valence-electron chi connectivity index (χ2n) is 5.02. The van der Waals surface area contributed by atoms with Crippen LogP contribution in [0.3, 0.4) is 0 Å². The fraction of sp³-hybridized carbons (Fsp3) is 0.467. The van der Waals surface area contributed by atoms with Crippen LogP contribution in [0, 0.1) is 6.92 Å². The normalized spacial score (nSPS) is 10.9. The highest BCUT2D eigenvalue weighted by molar-refractivity contribution is 5.42. The summed E-state index contributed by atoms with van der Waals surface area (Å²) in [5.74, 6) is 2.31. The van der Waals surface area contributed by atoms with Gasteiger partial charge in [-0.15, -0.1) is 10.2 Å². The van der Waals surface area contributed by atoms with Crippen molar-refractivity contribution in [2.45, 2.75) is 40.0 Å². The number of nitrogens with one attached hydrogen (secondary N) is 1. The van der Waals surface area contributed by atoms with E-state index >= 15 is 0 Å². The van der Waals surface area contributed by atoms with Gasteiger partial charge in [-0.2, -0.15) is 0 Å². The molecule has 21 heavy (non-hydrogen) atoms. The smallest absolute Gasteiger partial charge is 0.253 e. The number of benzene rings is 1. The number of hydrogen-bond donors (Lipinski definition) is 1. The van der Waals surface area contributed by atoms with Gasteiger partial charge >= 0.3 is 0 Å². The van der Waals surface area contributed by atoms with Gasteiger partial charge in [0.15, 0.2) is 18.1 Å². The minimum Gasteiger partial charge on any atom is -0.493 e. The Bertz CT molecular complexity index is 581. The molecule has 6 heteroatoms. The molecule has 0 bridgehead atoms. The summed E-state index contributed by atoms with van der Waals surface area (Å²) >= 11 is 0. The summed E-state index contributed by atoms with van der Waals surface area (Å²) in [4.78, 5) is 0. The lowest BCUT2D eigenvalue weighted by Gasteiger charge is -2.12. The minimum absolute atomic E-state index is 0.223. The van der Waals surface area contributed by atoms with Crippen LogP contribution >= 0.6 is 0 Å². The van der Waals surface area contributed by atoms with Gasteiger partial charge in [-0.3, -0.25) is 0 Å². The Balaban J connectivity index is 2.01. The first-order valence-corrected chi connectivity index (χ1v) is 6.90. The highest BCUT2D eigenvalue weighted by atomic mass is 16.5. The standard InChI is InChI=1S/C15H21N3O3/c1-10(2)16-8-12-5-6-13(14(7-12)19-4)20-9-15-18-17-11(3)21-15/h5-7,10,16H,8-9H2,1-4H3. The van der Waals surface area contributed by atoms with Crippen molar-refractivity contribution in [3.63, 3.8) is 0 Å². The van der Waals surface area contributed by atoms with E-state index in [0.717, 1.165) is 12.1 Å². The largest absolute Gasteiger partial charge is 0.493 e. The van der Waals surface area contributed by atoms with Gasteiger partial charge in [0.05, 0.1) is 7.11 Å². The second-order valence-corrected chi connectivity index (χ2v) is 5.02. The second kappa shape index (κ2) is 7.08. The molecule has 0 amide bonds. The summed E-state index contributed by atoms with van der Waals surface area (Å²) < 4.78 is 16.3. The van der Waals surface area contributed by atoms with Crippen molar-refractivity contribution in [2.75, 3.05) is 7.11 Å². The van der Waals surface area contributed by atoms with E-state index in [1.807, 2.05) is 18.2 Å². The first-order chi connectivity index (χ1) is 10.1. The number of hydrogen-bond acceptors (Lipinski definition) is 6. The van der Waals surface area contributed by atoms with Crippen molar-refractivity contribution in [2.24, 2.45) is 0 Å². The maximum absolute atomic E-state index is 5.67. The van der Waals surface area contributed by atoms with Crippen molar-refractivity contribution in [3.05, 3.63) is 35.5 Å². The first-order valence-electron chi connectivity index (χ1n) is 6.90. The molecule has 0 fully saturated rings. The molecule has 1 N–H and O–H groups in total. The molecule has 0 radical (unpaired) electrons. The van der Waals surface area contributed by atoms with E-state index in [0.29, 0.717) is 29.3 Å².